The molecule has 2 aromatic rings. The van der Waals surface area contributed by atoms with Gasteiger partial charge in [0, 0.05) is 6.42 Å². The molecule has 2 heterocycles. The number of fused-ring (bicyclic) bond motifs is 1. The topological polar surface area (TPSA) is 56.0 Å². The summed E-state index contributed by atoms with van der Waals surface area (Å²) in [7, 11) is 0. The fraction of sp³-hybridized carbons (Fsp3) is 0.300. The first-order valence-electron chi connectivity index (χ1n) is 4.54. The van der Waals surface area contributed by atoms with Crippen molar-refractivity contribution >= 4 is 17.0 Å². The van der Waals surface area contributed by atoms with E-state index in [1.807, 2.05) is 6.92 Å². The second-order valence-electron chi connectivity index (χ2n) is 3.04. The summed E-state index contributed by atoms with van der Waals surface area (Å²) in [5.41, 5.74) is 1.57. The fourth-order valence-electron chi connectivity index (χ4n) is 1.26. The summed E-state index contributed by atoms with van der Waals surface area (Å²) in [6.45, 7) is 1.96. The Balaban J connectivity index is 2.38. The smallest absolute Gasteiger partial charge is 0.199 e. The SMILES string of the molecule is CCCC(=O)c1ccc2ocnc2n1. The molecular formula is C10H10N2O2. The van der Waals surface area contributed by atoms with Crippen molar-refractivity contribution in [2.45, 2.75) is 19.8 Å². The van der Waals surface area contributed by atoms with E-state index in [2.05, 4.69) is 9.97 Å². The minimum atomic E-state index is 0.0531. The van der Waals surface area contributed by atoms with Crippen LogP contribution in [0, 0.1) is 0 Å². The molecule has 0 unspecified atom stereocenters. The van der Waals surface area contributed by atoms with E-state index in [4.69, 9.17) is 4.42 Å². The molecule has 2 rings (SSSR count). The number of aromatic nitrogens is 2. The zero-order chi connectivity index (χ0) is 9.97. The molecule has 4 nitrogen and oxygen atoms in total. The Morgan fingerprint density at radius 2 is 2.36 bits per heavy atom. The molecule has 0 bridgehead atoms. The number of carbonyl (C=O) groups is 1. The van der Waals surface area contributed by atoms with Crippen molar-refractivity contribution in [2.24, 2.45) is 0 Å². The molecule has 14 heavy (non-hydrogen) atoms. The summed E-state index contributed by atoms with van der Waals surface area (Å²) < 4.78 is 5.03. The van der Waals surface area contributed by atoms with Crippen molar-refractivity contribution < 1.29 is 9.21 Å². The van der Waals surface area contributed by atoms with Gasteiger partial charge in [-0.15, -0.1) is 0 Å². The molecule has 0 N–H and O–H groups in total. The average Bonchev–Trinajstić information content (AvgIpc) is 2.64. The zero-order valence-corrected chi connectivity index (χ0v) is 7.86. The maximum Gasteiger partial charge on any atom is 0.199 e. The summed E-state index contributed by atoms with van der Waals surface area (Å²) in [4.78, 5) is 19.5. The first-order chi connectivity index (χ1) is 6.81. The predicted molar refractivity (Wildman–Crippen MR) is 51.0 cm³/mol. The number of rotatable bonds is 3. The van der Waals surface area contributed by atoms with Gasteiger partial charge < -0.3 is 4.42 Å². The highest BCUT2D eigenvalue weighted by Crippen LogP contribution is 2.11. The van der Waals surface area contributed by atoms with Gasteiger partial charge in [-0.1, -0.05) is 6.92 Å². The van der Waals surface area contributed by atoms with Gasteiger partial charge in [0.25, 0.3) is 0 Å². The van der Waals surface area contributed by atoms with Gasteiger partial charge in [-0.25, -0.2) is 4.98 Å². The highest BCUT2D eigenvalue weighted by Gasteiger charge is 2.08. The van der Waals surface area contributed by atoms with Crippen LogP contribution in [-0.4, -0.2) is 15.8 Å². The molecule has 0 saturated heterocycles. The van der Waals surface area contributed by atoms with Crippen LogP contribution in [0.15, 0.2) is 22.9 Å². The largest absolute Gasteiger partial charge is 0.442 e. The van der Waals surface area contributed by atoms with Gasteiger partial charge in [-0.2, -0.15) is 4.98 Å². The minimum Gasteiger partial charge on any atom is -0.442 e. The lowest BCUT2D eigenvalue weighted by atomic mass is 10.1. The molecule has 0 fully saturated rings. The number of ketones is 1. The van der Waals surface area contributed by atoms with E-state index >= 15 is 0 Å². The maximum atomic E-state index is 11.5. The van der Waals surface area contributed by atoms with Crippen LogP contribution in [0.2, 0.25) is 0 Å². The van der Waals surface area contributed by atoms with Gasteiger partial charge in [-0.3, -0.25) is 4.79 Å². The summed E-state index contributed by atoms with van der Waals surface area (Å²) >= 11 is 0. The summed E-state index contributed by atoms with van der Waals surface area (Å²) in [6.07, 6.45) is 2.68. The Bertz CT molecular complexity index is 462. The molecule has 0 aliphatic heterocycles. The maximum absolute atomic E-state index is 11.5. The number of pyridine rings is 1. The number of hydrogen-bond donors (Lipinski definition) is 0. The third kappa shape index (κ3) is 1.51. The van der Waals surface area contributed by atoms with Crippen LogP contribution in [0.5, 0.6) is 0 Å². The van der Waals surface area contributed by atoms with E-state index < -0.39 is 0 Å². The van der Waals surface area contributed by atoms with Crippen molar-refractivity contribution in [3.05, 3.63) is 24.2 Å². The molecule has 0 radical (unpaired) electrons. The van der Waals surface area contributed by atoms with Crippen molar-refractivity contribution in [2.75, 3.05) is 0 Å². The lowest BCUT2D eigenvalue weighted by Crippen LogP contribution is -2.01. The fourth-order valence-corrected chi connectivity index (χ4v) is 1.26. The van der Waals surface area contributed by atoms with Crippen molar-refractivity contribution in [1.29, 1.82) is 0 Å². The molecule has 0 saturated carbocycles. The van der Waals surface area contributed by atoms with E-state index in [0.717, 1.165) is 6.42 Å². The van der Waals surface area contributed by atoms with Crippen LogP contribution in [0.1, 0.15) is 30.3 Å². The van der Waals surface area contributed by atoms with Crippen molar-refractivity contribution in [3.8, 4) is 0 Å². The number of carbonyl (C=O) groups excluding carboxylic acids is 1. The third-order valence-corrected chi connectivity index (χ3v) is 1.96. The second kappa shape index (κ2) is 3.57. The first kappa shape index (κ1) is 8.87. The lowest BCUT2D eigenvalue weighted by Gasteiger charge is -1.96. The van der Waals surface area contributed by atoms with Gasteiger partial charge in [-0.05, 0) is 18.6 Å². The van der Waals surface area contributed by atoms with Crippen LogP contribution in [-0.2, 0) is 0 Å². The minimum absolute atomic E-state index is 0.0531. The monoisotopic (exact) mass is 190 g/mol. The molecule has 0 atom stereocenters. The van der Waals surface area contributed by atoms with Gasteiger partial charge in [0.05, 0.1) is 0 Å². The molecule has 0 aliphatic carbocycles. The molecule has 0 amide bonds. The first-order valence-corrected chi connectivity index (χ1v) is 4.54. The van der Waals surface area contributed by atoms with E-state index in [-0.39, 0.29) is 5.78 Å². The van der Waals surface area contributed by atoms with Crippen LogP contribution < -0.4 is 0 Å². The molecule has 2 aromatic heterocycles. The second-order valence-corrected chi connectivity index (χ2v) is 3.04. The Morgan fingerprint density at radius 1 is 1.50 bits per heavy atom. The van der Waals surface area contributed by atoms with Gasteiger partial charge in [0.2, 0.25) is 0 Å². The third-order valence-electron chi connectivity index (χ3n) is 1.96. The van der Waals surface area contributed by atoms with E-state index in [0.29, 0.717) is 23.3 Å². The zero-order valence-electron chi connectivity index (χ0n) is 7.86. The summed E-state index contributed by atoms with van der Waals surface area (Å²) in [6, 6.07) is 3.39. The average molecular weight is 190 g/mol. The highest BCUT2D eigenvalue weighted by molar-refractivity contribution is 5.95. The number of Topliss-reactive ketones (excluding diaryl/α,β-unsaturated/α-hetero) is 1. The molecule has 0 spiro atoms. The Morgan fingerprint density at radius 3 is 3.14 bits per heavy atom. The molecule has 0 aromatic carbocycles. The Hall–Kier alpha value is -1.71. The highest BCUT2D eigenvalue weighted by atomic mass is 16.3. The molecular weight excluding hydrogens is 180 g/mol. The quantitative estimate of drug-likeness (QED) is 0.696. The number of oxazole rings is 1. The van der Waals surface area contributed by atoms with E-state index in [1.54, 1.807) is 12.1 Å². The van der Waals surface area contributed by atoms with Gasteiger partial charge in [0.15, 0.2) is 23.4 Å². The lowest BCUT2D eigenvalue weighted by molar-refractivity contribution is 0.0977. The number of nitrogens with zero attached hydrogens (tertiary/aromatic N) is 2. The van der Waals surface area contributed by atoms with Crippen LogP contribution >= 0.6 is 0 Å². The van der Waals surface area contributed by atoms with Gasteiger partial charge in [0.1, 0.15) is 5.69 Å². The van der Waals surface area contributed by atoms with Crippen molar-refractivity contribution in [3.63, 3.8) is 0 Å². The Labute approximate surface area is 81.0 Å². The summed E-state index contributed by atoms with van der Waals surface area (Å²) in [5, 5.41) is 0. The van der Waals surface area contributed by atoms with Crippen LogP contribution in [0.4, 0.5) is 0 Å². The molecule has 0 aliphatic rings. The predicted octanol–water partition coefficient (Wildman–Crippen LogP) is 2.21. The Kier molecular flexibility index (Phi) is 2.26. The normalized spacial score (nSPS) is 10.6. The van der Waals surface area contributed by atoms with Crippen LogP contribution in [0.3, 0.4) is 0 Å². The standard InChI is InChI=1S/C10H10N2O2/c1-2-3-8(13)7-4-5-9-10(12-7)11-6-14-9/h4-6H,2-3H2,1H3. The van der Waals surface area contributed by atoms with E-state index in [1.165, 1.54) is 6.39 Å². The van der Waals surface area contributed by atoms with Crippen molar-refractivity contribution in [1.82, 2.24) is 9.97 Å². The molecule has 4 heteroatoms. The number of hydrogen-bond acceptors (Lipinski definition) is 4. The van der Waals surface area contributed by atoms with Gasteiger partial charge >= 0.3 is 0 Å². The van der Waals surface area contributed by atoms with Crippen LogP contribution in [0.25, 0.3) is 11.2 Å². The van der Waals surface area contributed by atoms with E-state index in [9.17, 15) is 4.79 Å². The summed E-state index contributed by atoms with van der Waals surface area (Å²) in [5.74, 6) is 0.0531. The molecule has 72 valence electrons.